The maximum atomic E-state index is 12.7. The van der Waals surface area contributed by atoms with Crippen molar-refractivity contribution in [3.8, 4) is 5.75 Å². The molecule has 0 aliphatic carbocycles. The average Bonchev–Trinajstić information content (AvgIpc) is 2.28. The molecule has 0 unspecified atom stereocenters. The Hall–Kier alpha value is -1.10. The summed E-state index contributed by atoms with van der Waals surface area (Å²) in [4.78, 5) is 11.8. The molecule has 5 heteroatoms. The molecule has 17 heavy (non-hydrogen) atoms. The third kappa shape index (κ3) is 2.97. The molecule has 0 spiro atoms. The molecule has 0 aliphatic heterocycles. The maximum Gasteiger partial charge on any atom is 0.264 e. The van der Waals surface area contributed by atoms with Crippen molar-refractivity contribution < 1.29 is 18.3 Å². The zero-order chi connectivity index (χ0) is 13.0. The third-order valence-corrected chi connectivity index (χ3v) is 3.15. The zero-order valence-corrected chi connectivity index (χ0v) is 10.7. The first-order chi connectivity index (χ1) is 8.02. The lowest BCUT2D eigenvalue weighted by Gasteiger charge is -2.13. The van der Waals surface area contributed by atoms with Crippen LogP contribution in [0.3, 0.4) is 0 Å². The summed E-state index contributed by atoms with van der Waals surface area (Å²) in [5.74, 6) is 0.881. The van der Waals surface area contributed by atoms with Gasteiger partial charge in [0, 0.05) is 11.1 Å². The van der Waals surface area contributed by atoms with Gasteiger partial charge in [-0.05, 0) is 18.7 Å². The molecule has 0 aromatic heterocycles. The number of carbonyl (C=O) groups excluding carboxylic acids is 1. The number of rotatable bonds is 4. The summed E-state index contributed by atoms with van der Waals surface area (Å²) >= 11 is 1.13. The largest absolute Gasteiger partial charge is 0.496 e. The summed E-state index contributed by atoms with van der Waals surface area (Å²) in [7, 11) is 1.38. The number of alkyl halides is 2. The van der Waals surface area contributed by atoms with Gasteiger partial charge in [-0.1, -0.05) is 24.8 Å². The van der Waals surface area contributed by atoms with E-state index in [4.69, 9.17) is 4.74 Å². The highest BCUT2D eigenvalue weighted by molar-refractivity contribution is 8.14. The second-order valence-corrected chi connectivity index (χ2v) is 4.62. The topological polar surface area (TPSA) is 26.3 Å². The first kappa shape index (κ1) is 14.0. The Kier molecular flexibility index (Phi) is 4.93. The Bertz CT molecular complexity index is 419. The van der Waals surface area contributed by atoms with Crippen molar-refractivity contribution in [2.24, 2.45) is 0 Å². The normalized spacial score (nSPS) is 10.7. The van der Waals surface area contributed by atoms with Crippen LogP contribution in [0.4, 0.5) is 8.78 Å². The monoisotopic (exact) mass is 260 g/mol. The minimum absolute atomic E-state index is 0.0973. The van der Waals surface area contributed by atoms with E-state index in [0.717, 1.165) is 11.8 Å². The minimum atomic E-state index is -2.56. The predicted octanol–water partition coefficient (Wildman–Crippen LogP) is 3.83. The number of ether oxygens (including phenoxy) is 1. The van der Waals surface area contributed by atoms with Gasteiger partial charge < -0.3 is 4.74 Å². The lowest BCUT2D eigenvalue weighted by Crippen LogP contribution is -2.03. The highest BCUT2D eigenvalue weighted by Crippen LogP contribution is 2.33. The lowest BCUT2D eigenvalue weighted by molar-refractivity contribution is 0.108. The van der Waals surface area contributed by atoms with Crippen LogP contribution in [0.15, 0.2) is 12.1 Å². The molecule has 1 aromatic rings. The van der Waals surface area contributed by atoms with Gasteiger partial charge in [-0.15, -0.1) is 0 Å². The molecule has 0 saturated carbocycles. The molecule has 94 valence electrons. The second-order valence-electron chi connectivity index (χ2n) is 3.38. The number of carbonyl (C=O) groups is 1. The summed E-state index contributed by atoms with van der Waals surface area (Å²) in [5, 5.41) is -0.159. The predicted molar refractivity (Wildman–Crippen MR) is 65.2 cm³/mol. The SMILES string of the molecule is CCSC(=O)c1ccc(C(F)F)c(C)c1OC. The Morgan fingerprint density at radius 2 is 2.12 bits per heavy atom. The highest BCUT2D eigenvalue weighted by Gasteiger charge is 2.20. The van der Waals surface area contributed by atoms with Crippen LogP contribution in [0.1, 0.15) is 34.8 Å². The van der Waals surface area contributed by atoms with Crippen molar-refractivity contribution in [3.05, 3.63) is 28.8 Å². The van der Waals surface area contributed by atoms with Gasteiger partial charge in [0.25, 0.3) is 6.43 Å². The standard InChI is InChI=1S/C12H14F2O2S/c1-4-17-12(15)9-6-5-8(11(13)14)7(2)10(9)16-3/h5-6,11H,4H2,1-3H3. The summed E-state index contributed by atoms with van der Waals surface area (Å²) in [5.41, 5.74) is 0.575. The molecular weight excluding hydrogens is 246 g/mol. The van der Waals surface area contributed by atoms with Crippen LogP contribution in [0.25, 0.3) is 0 Å². The quantitative estimate of drug-likeness (QED) is 0.823. The van der Waals surface area contributed by atoms with Gasteiger partial charge in [0.2, 0.25) is 5.12 Å². The summed E-state index contributed by atoms with van der Waals surface area (Å²) < 4.78 is 30.4. The van der Waals surface area contributed by atoms with E-state index in [0.29, 0.717) is 16.9 Å². The molecule has 0 aliphatic rings. The molecule has 0 atom stereocenters. The first-order valence-corrected chi connectivity index (χ1v) is 6.14. The minimum Gasteiger partial charge on any atom is -0.496 e. The van der Waals surface area contributed by atoms with Crippen molar-refractivity contribution in [1.29, 1.82) is 0 Å². The van der Waals surface area contributed by atoms with Crippen molar-refractivity contribution in [2.45, 2.75) is 20.3 Å². The molecule has 1 aromatic carbocycles. The fourth-order valence-corrected chi connectivity index (χ4v) is 2.15. The van der Waals surface area contributed by atoms with E-state index in [2.05, 4.69) is 0 Å². The number of thioether (sulfide) groups is 1. The molecule has 1 rings (SSSR count). The third-order valence-electron chi connectivity index (χ3n) is 2.38. The highest BCUT2D eigenvalue weighted by atomic mass is 32.2. The van der Waals surface area contributed by atoms with E-state index in [9.17, 15) is 13.6 Å². The smallest absolute Gasteiger partial charge is 0.264 e. The van der Waals surface area contributed by atoms with Crippen LogP contribution in [0.2, 0.25) is 0 Å². The van der Waals surface area contributed by atoms with Gasteiger partial charge in [-0.25, -0.2) is 8.78 Å². The van der Waals surface area contributed by atoms with Crippen LogP contribution in [-0.2, 0) is 0 Å². The molecule has 0 amide bonds. The summed E-state index contributed by atoms with van der Waals surface area (Å²) in [6.45, 7) is 3.39. The molecule has 2 nitrogen and oxygen atoms in total. The van der Waals surface area contributed by atoms with Crippen LogP contribution in [0, 0.1) is 6.92 Å². The van der Waals surface area contributed by atoms with Crippen LogP contribution in [-0.4, -0.2) is 18.0 Å². The zero-order valence-electron chi connectivity index (χ0n) is 9.92. The summed E-state index contributed by atoms with van der Waals surface area (Å²) in [6, 6.07) is 2.68. The van der Waals surface area contributed by atoms with E-state index < -0.39 is 6.43 Å². The molecule has 0 heterocycles. The summed E-state index contributed by atoms with van der Waals surface area (Å²) in [6.07, 6.45) is -2.56. The van der Waals surface area contributed by atoms with Gasteiger partial charge in [0.15, 0.2) is 0 Å². The van der Waals surface area contributed by atoms with Gasteiger partial charge in [-0.3, -0.25) is 4.79 Å². The van der Waals surface area contributed by atoms with Gasteiger partial charge in [-0.2, -0.15) is 0 Å². The number of hydrogen-bond donors (Lipinski definition) is 0. The fraction of sp³-hybridized carbons (Fsp3) is 0.417. The van der Waals surface area contributed by atoms with Gasteiger partial charge in [0.05, 0.1) is 12.7 Å². The molecule has 0 fully saturated rings. The fourth-order valence-electron chi connectivity index (χ4n) is 1.58. The van der Waals surface area contributed by atoms with Crippen molar-refractivity contribution in [1.82, 2.24) is 0 Å². The van der Waals surface area contributed by atoms with Crippen LogP contribution < -0.4 is 4.74 Å². The first-order valence-electron chi connectivity index (χ1n) is 5.15. The van der Waals surface area contributed by atoms with Crippen molar-refractivity contribution in [2.75, 3.05) is 12.9 Å². The molecule has 0 bridgehead atoms. The van der Waals surface area contributed by atoms with E-state index in [1.165, 1.54) is 26.2 Å². The van der Waals surface area contributed by atoms with Gasteiger partial charge >= 0.3 is 0 Å². The Morgan fingerprint density at radius 1 is 1.47 bits per heavy atom. The molecule has 0 N–H and O–H groups in total. The van der Waals surface area contributed by atoms with Crippen LogP contribution >= 0.6 is 11.8 Å². The molecular formula is C12H14F2O2S. The van der Waals surface area contributed by atoms with E-state index in [-0.39, 0.29) is 16.4 Å². The Morgan fingerprint density at radius 3 is 2.59 bits per heavy atom. The number of hydrogen-bond acceptors (Lipinski definition) is 3. The van der Waals surface area contributed by atoms with E-state index >= 15 is 0 Å². The second kappa shape index (κ2) is 6.00. The van der Waals surface area contributed by atoms with Gasteiger partial charge in [0.1, 0.15) is 5.75 Å². The van der Waals surface area contributed by atoms with Crippen molar-refractivity contribution >= 4 is 16.9 Å². The van der Waals surface area contributed by atoms with E-state index in [1.54, 1.807) is 0 Å². The number of halogens is 2. The Balaban J connectivity index is 3.25. The lowest BCUT2D eigenvalue weighted by atomic mass is 10.0. The average molecular weight is 260 g/mol. The Labute approximate surface area is 103 Å². The maximum absolute atomic E-state index is 12.7. The molecule has 0 saturated heterocycles. The van der Waals surface area contributed by atoms with Crippen LogP contribution in [0.5, 0.6) is 5.75 Å². The van der Waals surface area contributed by atoms with E-state index in [1.807, 2.05) is 6.92 Å². The number of methoxy groups -OCH3 is 1. The van der Waals surface area contributed by atoms with Crippen molar-refractivity contribution in [3.63, 3.8) is 0 Å². The number of benzene rings is 1. The molecule has 0 radical (unpaired) electrons.